The van der Waals surface area contributed by atoms with Gasteiger partial charge in [0, 0.05) is 18.6 Å². The molecule has 7 aliphatic rings. The Labute approximate surface area is 230 Å². The van der Waals surface area contributed by atoms with Crippen LogP contribution in [0.5, 0.6) is 0 Å². The maximum absolute atomic E-state index is 12.6. The second-order valence-corrected chi connectivity index (χ2v) is 14.0. The molecule has 6 fully saturated rings. The smallest absolute Gasteiger partial charge is 0.331 e. The van der Waals surface area contributed by atoms with Crippen LogP contribution in [-0.2, 0) is 28.5 Å². The Kier molecular flexibility index (Phi) is 6.00. The standard InChI is InChI=1S/C30H44O9/c1-15-23(32)25(35-4)24(33)26(37-15)38-18-5-8-27(2)17(12-18)13-21-30(39-21)20(27)7-9-28(3)19(6-10-29(28,30)34)16-11-22(31)36-14-16/h11,15,17-21,23-26,32-34H,5-10,12-14H2,1-4H3/t15?,17-,18-,19-,20?,21-,23-,24+,25?,26-,27-,28+,29+,30+/m0/s1. The number of hydrogen-bond acceptors (Lipinski definition) is 9. The van der Waals surface area contributed by atoms with E-state index in [1.165, 1.54) is 7.11 Å². The van der Waals surface area contributed by atoms with Crippen LogP contribution < -0.4 is 0 Å². The Balaban J connectivity index is 1.09. The highest BCUT2D eigenvalue weighted by Crippen LogP contribution is 2.77. The van der Waals surface area contributed by atoms with E-state index in [4.69, 9.17) is 23.7 Å². The first-order valence-electron chi connectivity index (χ1n) is 15.0. The van der Waals surface area contributed by atoms with Crippen molar-refractivity contribution in [2.45, 2.75) is 126 Å². The van der Waals surface area contributed by atoms with Crippen molar-refractivity contribution in [1.82, 2.24) is 0 Å². The third-order valence-electron chi connectivity index (χ3n) is 12.7. The van der Waals surface area contributed by atoms with Gasteiger partial charge in [-0.3, -0.25) is 0 Å². The van der Waals surface area contributed by atoms with Crippen molar-refractivity contribution >= 4 is 5.97 Å². The summed E-state index contributed by atoms with van der Waals surface area (Å²) in [4.78, 5) is 11.9. The van der Waals surface area contributed by atoms with Crippen LogP contribution in [0.15, 0.2) is 11.6 Å². The average molecular weight is 549 g/mol. The van der Waals surface area contributed by atoms with E-state index < -0.39 is 41.9 Å². The van der Waals surface area contributed by atoms with Crippen LogP contribution in [0.1, 0.15) is 72.1 Å². The zero-order valence-corrected chi connectivity index (χ0v) is 23.5. The number of aliphatic hydroxyl groups is 3. The highest BCUT2D eigenvalue weighted by atomic mass is 16.7. The van der Waals surface area contributed by atoms with E-state index in [-0.39, 0.29) is 40.8 Å². The quantitative estimate of drug-likeness (QED) is 0.275. The summed E-state index contributed by atoms with van der Waals surface area (Å²) in [5.41, 5.74) is -0.712. The molecule has 0 aromatic rings. The molecule has 9 heteroatoms. The number of fused-ring (bicyclic) bond motifs is 3. The topological polar surface area (TPSA) is 127 Å². The van der Waals surface area contributed by atoms with Crippen LogP contribution in [0, 0.1) is 28.6 Å². The lowest BCUT2D eigenvalue weighted by Gasteiger charge is -2.62. The van der Waals surface area contributed by atoms with E-state index in [9.17, 15) is 20.1 Å². The molecule has 0 aromatic carbocycles. The van der Waals surface area contributed by atoms with Crippen LogP contribution in [-0.4, -0.2) is 89.1 Å². The second kappa shape index (κ2) is 8.72. The Morgan fingerprint density at radius 3 is 2.56 bits per heavy atom. The predicted molar refractivity (Wildman–Crippen MR) is 137 cm³/mol. The molecule has 2 saturated heterocycles. The number of ether oxygens (including phenoxy) is 5. The monoisotopic (exact) mass is 548 g/mol. The van der Waals surface area contributed by atoms with Gasteiger partial charge in [-0.1, -0.05) is 13.8 Å². The van der Waals surface area contributed by atoms with Crippen LogP contribution in [0.2, 0.25) is 0 Å². The van der Waals surface area contributed by atoms with Crippen molar-refractivity contribution in [3.05, 3.63) is 11.6 Å². The highest BCUT2D eigenvalue weighted by molar-refractivity contribution is 5.85. The first-order chi connectivity index (χ1) is 18.5. The van der Waals surface area contributed by atoms with Crippen molar-refractivity contribution in [2.75, 3.05) is 13.7 Å². The molecule has 0 aromatic heterocycles. The number of aliphatic hydroxyl groups excluding tert-OH is 2. The molecule has 14 atom stereocenters. The van der Waals surface area contributed by atoms with E-state index >= 15 is 0 Å². The molecule has 39 heavy (non-hydrogen) atoms. The summed E-state index contributed by atoms with van der Waals surface area (Å²) in [6.07, 6.45) is 4.59. The lowest BCUT2D eigenvalue weighted by Crippen LogP contribution is -2.68. The van der Waals surface area contributed by atoms with Crippen molar-refractivity contribution in [3.8, 4) is 0 Å². The van der Waals surface area contributed by atoms with E-state index in [1.807, 2.05) is 0 Å². The zero-order chi connectivity index (χ0) is 27.5. The maximum Gasteiger partial charge on any atom is 0.331 e. The fourth-order valence-corrected chi connectivity index (χ4v) is 10.5. The molecule has 7 rings (SSSR count). The first kappa shape index (κ1) is 26.8. The summed E-state index contributed by atoms with van der Waals surface area (Å²) in [6, 6.07) is 0. The number of carbonyl (C=O) groups excluding carboxylic acids is 1. The zero-order valence-electron chi connectivity index (χ0n) is 23.5. The highest BCUT2D eigenvalue weighted by Gasteiger charge is 2.84. The van der Waals surface area contributed by atoms with Gasteiger partial charge in [0.15, 0.2) is 6.29 Å². The first-order valence-corrected chi connectivity index (χ1v) is 15.0. The Bertz CT molecular complexity index is 1060. The van der Waals surface area contributed by atoms with E-state index in [2.05, 4.69) is 13.8 Å². The summed E-state index contributed by atoms with van der Waals surface area (Å²) >= 11 is 0. The Morgan fingerprint density at radius 1 is 1.05 bits per heavy atom. The van der Waals surface area contributed by atoms with Crippen LogP contribution in [0.4, 0.5) is 0 Å². The lowest BCUT2D eigenvalue weighted by molar-refractivity contribution is -0.312. The molecule has 218 valence electrons. The Morgan fingerprint density at radius 2 is 1.85 bits per heavy atom. The van der Waals surface area contributed by atoms with Crippen molar-refractivity contribution in [1.29, 1.82) is 0 Å². The van der Waals surface area contributed by atoms with E-state index in [0.29, 0.717) is 18.9 Å². The Hall–Kier alpha value is -1.07. The molecule has 3 heterocycles. The molecule has 1 spiro atoms. The largest absolute Gasteiger partial charge is 0.458 e. The SMILES string of the molecule is COC1[C@@H](O)C(C)O[C@@H](O[C@H]2CC[C@]3(C)C4CC[C@]5(C)[C@H](C6=CC(=O)OC6)CC[C@]5(O)[C@@]45O[C@H]5C[C@@H]3C2)[C@@H]1O. The van der Waals surface area contributed by atoms with Crippen LogP contribution in [0.3, 0.4) is 0 Å². The van der Waals surface area contributed by atoms with Gasteiger partial charge in [-0.2, -0.15) is 0 Å². The lowest BCUT2D eigenvalue weighted by atomic mass is 9.43. The van der Waals surface area contributed by atoms with Gasteiger partial charge in [0.2, 0.25) is 0 Å². The van der Waals surface area contributed by atoms with Gasteiger partial charge in [-0.05, 0) is 87.0 Å². The molecule has 0 amide bonds. The van der Waals surface area contributed by atoms with E-state index in [0.717, 1.165) is 50.5 Å². The van der Waals surface area contributed by atoms with Crippen molar-refractivity contribution in [3.63, 3.8) is 0 Å². The second-order valence-electron chi connectivity index (χ2n) is 14.0. The molecule has 0 radical (unpaired) electrons. The number of cyclic esters (lactones) is 1. The van der Waals surface area contributed by atoms with Gasteiger partial charge in [0.05, 0.1) is 18.3 Å². The number of epoxide rings is 1. The number of hydrogen-bond donors (Lipinski definition) is 3. The molecule has 3 unspecified atom stereocenters. The molecular formula is C30H44O9. The number of methoxy groups -OCH3 is 1. The predicted octanol–water partition coefficient (Wildman–Crippen LogP) is 2.24. The van der Waals surface area contributed by atoms with Gasteiger partial charge < -0.3 is 39.0 Å². The van der Waals surface area contributed by atoms with Crippen LogP contribution >= 0.6 is 0 Å². The minimum absolute atomic E-state index is 0.0261. The number of carbonyl (C=O) groups is 1. The fourth-order valence-electron chi connectivity index (χ4n) is 10.5. The minimum Gasteiger partial charge on any atom is -0.458 e. The number of esters is 1. The molecular weight excluding hydrogens is 504 g/mol. The van der Waals surface area contributed by atoms with Gasteiger partial charge >= 0.3 is 5.97 Å². The summed E-state index contributed by atoms with van der Waals surface area (Å²) in [7, 11) is 1.48. The third kappa shape index (κ3) is 3.41. The third-order valence-corrected chi connectivity index (χ3v) is 12.7. The normalized spacial score (nSPS) is 58.0. The summed E-state index contributed by atoms with van der Waals surface area (Å²) in [5, 5.41) is 33.7. The minimum atomic E-state index is -1.06. The van der Waals surface area contributed by atoms with Gasteiger partial charge in [0.1, 0.15) is 36.1 Å². The fraction of sp³-hybridized carbons (Fsp3) is 0.900. The average Bonchev–Trinajstić information content (AvgIpc) is 3.34. The maximum atomic E-state index is 12.6. The molecule has 4 aliphatic carbocycles. The summed E-state index contributed by atoms with van der Waals surface area (Å²) in [6.45, 7) is 6.73. The van der Waals surface area contributed by atoms with E-state index in [1.54, 1.807) is 13.0 Å². The number of rotatable bonds is 4. The molecule has 3 aliphatic heterocycles. The van der Waals surface area contributed by atoms with Crippen molar-refractivity contribution in [2.24, 2.45) is 28.6 Å². The van der Waals surface area contributed by atoms with Crippen molar-refractivity contribution < 1.29 is 43.8 Å². The summed E-state index contributed by atoms with van der Waals surface area (Å²) in [5.74, 6) is 0.532. The molecule has 9 nitrogen and oxygen atoms in total. The molecule has 0 bridgehead atoms. The van der Waals surface area contributed by atoms with Gasteiger partial charge in [-0.25, -0.2) is 4.79 Å². The van der Waals surface area contributed by atoms with Gasteiger partial charge in [-0.15, -0.1) is 0 Å². The van der Waals surface area contributed by atoms with Crippen LogP contribution in [0.25, 0.3) is 0 Å². The molecule has 3 N–H and O–H groups in total. The summed E-state index contributed by atoms with van der Waals surface area (Å²) < 4.78 is 29.5. The molecule has 4 saturated carbocycles. The van der Waals surface area contributed by atoms with Gasteiger partial charge in [0.25, 0.3) is 0 Å².